The Kier molecular flexibility index (Phi) is 2.91. The molecule has 1 N–H and O–H groups in total. The molecule has 0 aromatic carbocycles. The van der Waals surface area contributed by atoms with E-state index in [1.807, 2.05) is 13.0 Å². The summed E-state index contributed by atoms with van der Waals surface area (Å²) >= 11 is 1.71. The van der Waals surface area contributed by atoms with Gasteiger partial charge in [-0.05, 0) is 18.4 Å². The largest absolute Gasteiger partial charge is 0.389 e. The van der Waals surface area contributed by atoms with Gasteiger partial charge in [-0.25, -0.2) is 0 Å². The fraction of sp³-hybridized carbons (Fsp3) is 0.636. The van der Waals surface area contributed by atoms with Crippen LogP contribution in [0.4, 0.5) is 0 Å². The van der Waals surface area contributed by atoms with Gasteiger partial charge in [-0.15, -0.1) is 11.3 Å². The lowest BCUT2D eigenvalue weighted by Crippen LogP contribution is -2.49. The van der Waals surface area contributed by atoms with Crippen molar-refractivity contribution in [2.45, 2.75) is 37.9 Å². The van der Waals surface area contributed by atoms with Gasteiger partial charge in [0.25, 0.3) is 0 Å². The summed E-state index contributed by atoms with van der Waals surface area (Å²) in [7, 11) is 0. The highest BCUT2D eigenvalue weighted by Gasteiger charge is 2.43. The fourth-order valence-electron chi connectivity index (χ4n) is 2.02. The van der Waals surface area contributed by atoms with Crippen LogP contribution in [0.5, 0.6) is 0 Å². The lowest BCUT2D eigenvalue weighted by Gasteiger charge is -2.43. The van der Waals surface area contributed by atoms with Gasteiger partial charge in [0.1, 0.15) is 0 Å². The average molecular weight is 212 g/mol. The number of ether oxygens (including phenoxy) is 1. The highest BCUT2D eigenvalue weighted by atomic mass is 32.1. The lowest BCUT2D eigenvalue weighted by molar-refractivity contribution is -0.135. The Labute approximate surface area is 88.5 Å². The number of thiophene rings is 1. The van der Waals surface area contributed by atoms with Crippen molar-refractivity contribution in [3.63, 3.8) is 0 Å². The van der Waals surface area contributed by atoms with Gasteiger partial charge in [-0.2, -0.15) is 0 Å². The molecule has 0 spiro atoms. The van der Waals surface area contributed by atoms with Crippen molar-refractivity contribution in [2.75, 3.05) is 6.61 Å². The summed E-state index contributed by atoms with van der Waals surface area (Å²) in [5, 5.41) is 12.2. The molecule has 0 unspecified atom stereocenters. The van der Waals surface area contributed by atoms with Gasteiger partial charge in [0.05, 0.1) is 11.7 Å². The molecule has 1 aromatic heterocycles. The molecular weight excluding hydrogens is 196 g/mol. The quantitative estimate of drug-likeness (QED) is 0.829. The Hall–Kier alpha value is -0.380. The van der Waals surface area contributed by atoms with Crippen molar-refractivity contribution < 1.29 is 9.84 Å². The molecule has 0 bridgehead atoms. The third-order valence-corrected chi connectivity index (χ3v) is 3.58. The van der Waals surface area contributed by atoms with E-state index in [1.54, 1.807) is 11.3 Å². The van der Waals surface area contributed by atoms with Crippen LogP contribution < -0.4 is 0 Å². The third-order valence-electron chi connectivity index (χ3n) is 2.70. The Morgan fingerprint density at radius 3 is 3.00 bits per heavy atom. The maximum Gasteiger partial charge on any atom is 0.0745 e. The minimum Gasteiger partial charge on any atom is -0.389 e. The Morgan fingerprint density at radius 2 is 2.43 bits per heavy atom. The molecule has 3 heteroatoms. The van der Waals surface area contributed by atoms with Crippen LogP contribution in [-0.4, -0.2) is 23.4 Å². The second-order valence-corrected chi connectivity index (χ2v) is 5.00. The summed E-state index contributed by atoms with van der Waals surface area (Å²) < 4.78 is 5.44. The molecule has 1 fully saturated rings. The second-order valence-electron chi connectivity index (χ2n) is 3.97. The van der Waals surface area contributed by atoms with E-state index in [1.165, 1.54) is 4.88 Å². The molecule has 1 aliphatic rings. The molecule has 1 saturated carbocycles. The van der Waals surface area contributed by atoms with Crippen LogP contribution in [0.1, 0.15) is 24.6 Å². The van der Waals surface area contributed by atoms with Gasteiger partial charge in [0, 0.05) is 30.7 Å². The monoisotopic (exact) mass is 212 g/mol. The highest BCUT2D eigenvalue weighted by molar-refractivity contribution is 7.09. The van der Waals surface area contributed by atoms with E-state index in [0.717, 1.165) is 25.9 Å². The zero-order valence-electron chi connectivity index (χ0n) is 8.40. The molecule has 14 heavy (non-hydrogen) atoms. The summed E-state index contributed by atoms with van der Waals surface area (Å²) in [6, 6.07) is 4.11. The van der Waals surface area contributed by atoms with E-state index in [0.29, 0.717) is 0 Å². The normalized spacial score (nSPS) is 31.4. The van der Waals surface area contributed by atoms with Crippen molar-refractivity contribution >= 4 is 11.3 Å². The van der Waals surface area contributed by atoms with Gasteiger partial charge in [0.2, 0.25) is 0 Å². The molecule has 1 heterocycles. The summed E-state index contributed by atoms with van der Waals surface area (Å²) in [5.41, 5.74) is -0.495. The van der Waals surface area contributed by atoms with Gasteiger partial charge < -0.3 is 9.84 Å². The highest BCUT2D eigenvalue weighted by Crippen LogP contribution is 2.37. The van der Waals surface area contributed by atoms with Crippen LogP contribution in [0, 0.1) is 0 Å². The average Bonchev–Trinajstić information content (AvgIpc) is 2.54. The summed E-state index contributed by atoms with van der Waals surface area (Å²) in [6.45, 7) is 2.75. The number of hydrogen-bond donors (Lipinski definition) is 1. The standard InChI is InChI=1S/C11H16O2S/c1-2-13-9-6-11(12,7-9)8-10-4-3-5-14-10/h3-5,9,12H,2,6-8H2,1H3. The lowest BCUT2D eigenvalue weighted by atomic mass is 9.75. The van der Waals surface area contributed by atoms with Crippen molar-refractivity contribution in [3.05, 3.63) is 22.4 Å². The van der Waals surface area contributed by atoms with Crippen LogP contribution in [0.25, 0.3) is 0 Å². The van der Waals surface area contributed by atoms with Crippen LogP contribution >= 0.6 is 11.3 Å². The van der Waals surface area contributed by atoms with Gasteiger partial charge in [-0.1, -0.05) is 6.07 Å². The maximum atomic E-state index is 10.1. The van der Waals surface area contributed by atoms with Crippen LogP contribution in [0.3, 0.4) is 0 Å². The van der Waals surface area contributed by atoms with Crippen molar-refractivity contribution in [1.82, 2.24) is 0 Å². The van der Waals surface area contributed by atoms with Gasteiger partial charge in [0.15, 0.2) is 0 Å². The zero-order valence-corrected chi connectivity index (χ0v) is 9.22. The predicted molar refractivity (Wildman–Crippen MR) is 57.6 cm³/mol. The first-order valence-corrected chi connectivity index (χ1v) is 5.96. The van der Waals surface area contributed by atoms with Crippen molar-refractivity contribution in [2.24, 2.45) is 0 Å². The van der Waals surface area contributed by atoms with Crippen molar-refractivity contribution in [3.8, 4) is 0 Å². The summed E-state index contributed by atoms with van der Waals surface area (Å²) in [4.78, 5) is 1.27. The van der Waals surface area contributed by atoms with Crippen LogP contribution in [0.15, 0.2) is 17.5 Å². The van der Waals surface area contributed by atoms with E-state index in [4.69, 9.17) is 4.74 Å². The number of rotatable bonds is 4. The number of aliphatic hydroxyl groups is 1. The van der Waals surface area contributed by atoms with E-state index in [2.05, 4.69) is 11.4 Å². The molecule has 0 atom stereocenters. The molecule has 1 aromatic rings. The molecule has 1 aliphatic carbocycles. The molecule has 0 saturated heterocycles. The molecule has 0 radical (unpaired) electrons. The van der Waals surface area contributed by atoms with Crippen LogP contribution in [0.2, 0.25) is 0 Å². The van der Waals surface area contributed by atoms with E-state index in [9.17, 15) is 5.11 Å². The molecular formula is C11H16O2S. The zero-order chi connectivity index (χ0) is 10.0. The third kappa shape index (κ3) is 2.16. The molecule has 0 aliphatic heterocycles. The minimum atomic E-state index is -0.495. The van der Waals surface area contributed by atoms with E-state index in [-0.39, 0.29) is 6.10 Å². The Bertz CT molecular complexity index is 275. The molecule has 78 valence electrons. The SMILES string of the molecule is CCOC1CC(O)(Cc2cccs2)C1. The fourth-order valence-corrected chi connectivity index (χ4v) is 2.86. The topological polar surface area (TPSA) is 29.5 Å². The van der Waals surface area contributed by atoms with Gasteiger partial charge >= 0.3 is 0 Å². The maximum absolute atomic E-state index is 10.1. The smallest absolute Gasteiger partial charge is 0.0745 e. The predicted octanol–water partition coefficient (Wildman–Crippen LogP) is 2.22. The first kappa shape index (κ1) is 10.1. The Balaban J connectivity index is 1.83. The first-order chi connectivity index (χ1) is 6.72. The van der Waals surface area contributed by atoms with E-state index < -0.39 is 5.60 Å². The first-order valence-electron chi connectivity index (χ1n) is 5.08. The molecule has 0 amide bonds. The van der Waals surface area contributed by atoms with Gasteiger partial charge in [-0.3, -0.25) is 0 Å². The molecule has 2 nitrogen and oxygen atoms in total. The minimum absolute atomic E-state index is 0.282. The second kappa shape index (κ2) is 4.01. The number of hydrogen-bond acceptors (Lipinski definition) is 3. The summed E-state index contributed by atoms with van der Waals surface area (Å²) in [6.07, 6.45) is 2.65. The Morgan fingerprint density at radius 1 is 1.64 bits per heavy atom. The van der Waals surface area contributed by atoms with Crippen LogP contribution in [-0.2, 0) is 11.2 Å². The summed E-state index contributed by atoms with van der Waals surface area (Å²) in [5.74, 6) is 0. The van der Waals surface area contributed by atoms with Crippen molar-refractivity contribution in [1.29, 1.82) is 0 Å². The van der Waals surface area contributed by atoms with E-state index >= 15 is 0 Å². The molecule has 2 rings (SSSR count).